The van der Waals surface area contributed by atoms with Gasteiger partial charge in [0.05, 0.1) is 0 Å². The van der Waals surface area contributed by atoms with Crippen LogP contribution < -0.4 is 0 Å². The maximum atomic E-state index is 6.79. The molecule has 0 bridgehead atoms. The molecule has 1 aliphatic rings. The molecule has 294 valence electrons. The second kappa shape index (κ2) is 12.6. The van der Waals surface area contributed by atoms with Crippen molar-refractivity contribution in [2.45, 2.75) is 19.3 Å². The van der Waals surface area contributed by atoms with E-state index in [0.717, 1.165) is 55.0 Å². The summed E-state index contributed by atoms with van der Waals surface area (Å²) in [4.78, 5) is 0. The van der Waals surface area contributed by atoms with E-state index in [1.807, 2.05) is 0 Å². The molecule has 2 heterocycles. The lowest BCUT2D eigenvalue weighted by molar-refractivity contribution is 0.657. The maximum Gasteiger partial charge on any atom is 0.143 e. The first-order valence-corrected chi connectivity index (χ1v) is 21.9. The Morgan fingerprint density at radius 2 is 0.921 bits per heavy atom. The minimum Gasteiger partial charge on any atom is -0.456 e. The van der Waals surface area contributed by atoms with E-state index in [0.29, 0.717) is 0 Å². The maximum absolute atomic E-state index is 6.79. The predicted molar refractivity (Wildman–Crippen MR) is 265 cm³/mol. The van der Waals surface area contributed by atoms with E-state index >= 15 is 0 Å². The average Bonchev–Trinajstić information content (AvgIpc) is 3.96. The third kappa shape index (κ3) is 4.78. The monoisotopic (exact) mass is 802 g/mol. The average molecular weight is 803 g/mol. The van der Waals surface area contributed by atoms with Crippen molar-refractivity contribution >= 4 is 87.0 Å². The highest BCUT2D eigenvalue weighted by molar-refractivity contribution is 6.25. The molecule has 2 heteroatoms. The van der Waals surface area contributed by atoms with Crippen molar-refractivity contribution in [3.05, 3.63) is 205 Å². The third-order valence-corrected chi connectivity index (χ3v) is 14.2. The van der Waals surface area contributed by atoms with Crippen molar-refractivity contribution in [1.82, 2.24) is 0 Å². The highest BCUT2D eigenvalue weighted by Gasteiger charge is 2.36. The van der Waals surface area contributed by atoms with Crippen LogP contribution in [0.2, 0.25) is 0 Å². The van der Waals surface area contributed by atoms with Gasteiger partial charge in [-0.25, -0.2) is 0 Å². The van der Waals surface area contributed by atoms with Gasteiger partial charge in [0.15, 0.2) is 0 Å². The summed E-state index contributed by atoms with van der Waals surface area (Å²) in [5, 5.41) is 14.5. The molecule has 0 radical (unpaired) electrons. The standard InChI is InChI=1S/C61H38O2/c1-61(2)52-29-26-37(41-22-12-24-48-50-33-51-56(34-55(50)63-60(41)48)62-54-30-27-36-14-4-6-17-40(36)59(51)54)31-49(52)42-28-25-38(32-53(42)61)57-44-18-7-9-20-46(44)58(47-21-10-8-19-45(47)57)43-23-11-15-35-13-3-5-16-39(35)43/h3-34H,1-2H3. The molecule has 0 spiro atoms. The number of benzene rings is 11. The molecule has 63 heavy (non-hydrogen) atoms. The van der Waals surface area contributed by atoms with Gasteiger partial charge in [-0.15, -0.1) is 0 Å². The zero-order chi connectivity index (χ0) is 41.6. The first kappa shape index (κ1) is 34.7. The molecule has 0 saturated carbocycles. The van der Waals surface area contributed by atoms with Crippen LogP contribution in [0.3, 0.4) is 0 Å². The Kier molecular flexibility index (Phi) is 6.93. The number of hydrogen-bond acceptors (Lipinski definition) is 2. The summed E-state index contributed by atoms with van der Waals surface area (Å²) >= 11 is 0. The van der Waals surface area contributed by atoms with Gasteiger partial charge in [0.1, 0.15) is 22.3 Å². The van der Waals surface area contributed by atoms with Crippen LogP contribution in [0.5, 0.6) is 0 Å². The fourth-order valence-corrected chi connectivity index (χ4v) is 11.3. The zero-order valence-electron chi connectivity index (χ0n) is 34.8. The van der Waals surface area contributed by atoms with E-state index in [1.165, 1.54) is 87.6 Å². The van der Waals surface area contributed by atoms with Crippen LogP contribution in [0.4, 0.5) is 0 Å². The van der Waals surface area contributed by atoms with Crippen LogP contribution in [-0.2, 0) is 5.41 Å². The Balaban J connectivity index is 0.923. The van der Waals surface area contributed by atoms with E-state index in [4.69, 9.17) is 8.83 Å². The Bertz CT molecular complexity index is 4060. The number of para-hydroxylation sites is 1. The largest absolute Gasteiger partial charge is 0.456 e. The predicted octanol–water partition coefficient (Wildman–Crippen LogP) is 17.4. The first-order chi connectivity index (χ1) is 31.0. The lowest BCUT2D eigenvalue weighted by Gasteiger charge is -2.23. The van der Waals surface area contributed by atoms with Crippen LogP contribution in [0.15, 0.2) is 203 Å². The summed E-state index contributed by atoms with van der Waals surface area (Å²) in [7, 11) is 0. The molecule has 1 aliphatic carbocycles. The van der Waals surface area contributed by atoms with E-state index in [2.05, 4.69) is 208 Å². The summed E-state index contributed by atoms with van der Waals surface area (Å²) in [6, 6.07) is 71.3. The van der Waals surface area contributed by atoms with Crippen LogP contribution in [-0.4, -0.2) is 0 Å². The quantitative estimate of drug-likeness (QED) is 0.166. The first-order valence-electron chi connectivity index (χ1n) is 21.9. The molecule has 0 fully saturated rings. The Labute approximate surface area is 363 Å². The van der Waals surface area contributed by atoms with Crippen LogP contribution >= 0.6 is 0 Å². The molecule has 0 amide bonds. The number of fused-ring (bicyclic) bond motifs is 14. The molecule has 0 N–H and O–H groups in total. The van der Waals surface area contributed by atoms with Crippen molar-refractivity contribution in [2.24, 2.45) is 0 Å². The molecule has 0 unspecified atom stereocenters. The van der Waals surface area contributed by atoms with Crippen molar-refractivity contribution in [1.29, 1.82) is 0 Å². The summed E-state index contributed by atoms with van der Waals surface area (Å²) in [5.41, 5.74) is 15.8. The minimum atomic E-state index is -0.194. The van der Waals surface area contributed by atoms with E-state index in [1.54, 1.807) is 0 Å². The zero-order valence-corrected chi connectivity index (χ0v) is 34.8. The van der Waals surface area contributed by atoms with Crippen LogP contribution in [0, 0.1) is 0 Å². The molecule has 0 saturated heterocycles. The van der Waals surface area contributed by atoms with Gasteiger partial charge in [-0.1, -0.05) is 178 Å². The van der Waals surface area contributed by atoms with E-state index in [9.17, 15) is 0 Å². The van der Waals surface area contributed by atoms with Gasteiger partial charge >= 0.3 is 0 Å². The fraction of sp³-hybridized carbons (Fsp3) is 0.0492. The number of rotatable bonds is 3. The Morgan fingerprint density at radius 1 is 0.317 bits per heavy atom. The second-order valence-electron chi connectivity index (χ2n) is 17.9. The minimum absolute atomic E-state index is 0.194. The molecule has 14 rings (SSSR count). The van der Waals surface area contributed by atoms with Crippen molar-refractivity contribution in [2.75, 3.05) is 0 Å². The molecule has 13 aromatic rings. The Morgan fingerprint density at radius 3 is 1.70 bits per heavy atom. The van der Waals surface area contributed by atoms with Gasteiger partial charge in [0.2, 0.25) is 0 Å². The highest BCUT2D eigenvalue weighted by atomic mass is 16.3. The van der Waals surface area contributed by atoms with E-state index < -0.39 is 0 Å². The topological polar surface area (TPSA) is 26.3 Å². The SMILES string of the molecule is CC1(C)c2ccc(-c3cccc4c3oc3cc5oc6ccc7ccccc7c6c5cc34)cc2-c2ccc(-c3c4ccccc4c(-c4cccc5ccccc45)c4ccccc34)cc21. The number of hydrogen-bond donors (Lipinski definition) is 0. The summed E-state index contributed by atoms with van der Waals surface area (Å²) in [5.74, 6) is 0. The molecular formula is C61H38O2. The van der Waals surface area contributed by atoms with Gasteiger partial charge in [-0.3, -0.25) is 0 Å². The van der Waals surface area contributed by atoms with Crippen LogP contribution in [0.1, 0.15) is 25.0 Å². The summed E-state index contributed by atoms with van der Waals surface area (Å²) in [6.45, 7) is 4.76. The van der Waals surface area contributed by atoms with Gasteiger partial charge in [0.25, 0.3) is 0 Å². The van der Waals surface area contributed by atoms with Crippen LogP contribution in [0.25, 0.3) is 131 Å². The normalized spacial score (nSPS) is 13.4. The lowest BCUT2D eigenvalue weighted by atomic mass is 9.80. The Hall–Kier alpha value is -7.94. The lowest BCUT2D eigenvalue weighted by Crippen LogP contribution is -2.15. The molecule has 2 aromatic heterocycles. The summed E-state index contributed by atoms with van der Waals surface area (Å²) in [6.07, 6.45) is 0. The molecule has 11 aromatic carbocycles. The molecular weight excluding hydrogens is 765 g/mol. The fourth-order valence-electron chi connectivity index (χ4n) is 11.3. The van der Waals surface area contributed by atoms with Gasteiger partial charge in [0, 0.05) is 38.6 Å². The molecule has 0 aliphatic heterocycles. The van der Waals surface area contributed by atoms with E-state index in [-0.39, 0.29) is 5.41 Å². The van der Waals surface area contributed by atoms with Crippen molar-refractivity contribution < 1.29 is 8.83 Å². The highest BCUT2D eigenvalue weighted by Crippen LogP contribution is 2.53. The smallest absolute Gasteiger partial charge is 0.143 e. The van der Waals surface area contributed by atoms with Crippen molar-refractivity contribution in [3.8, 4) is 44.5 Å². The van der Waals surface area contributed by atoms with Crippen molar-refractivity contribution in [3.63, 3.8) is 0 Å². The van der Waals surface area contributed by atoms with Gasteiger partial charge < -0.3 is 8.83 Å². The molecule has 0 atom stereocenters. The van der Waals surface area contributed by atoms with Gasteiger partial charge in [-0.2, -0.15) is 0 Å². The molecule has 2 nitrogen and oxygen atoms in total. The second-order valence-corrected chi connectivity index (χ2v) is 17.9. The number of furan rings is 2. The summed E-state index contributed by atoms with van der Waals surface area (Å²) < 4.78 is 13.2. The van der Waals surface area contributed by atoms with Gasteiger partial charge in [-0.05, 0) is 117 Å². The third-order valence-electron chi connectivity index (χ3n) is 14.2.